The molecule has 0 aliphatic rings. The molecular formula is C13H11BrClNO. The van der Waals surface area contributed by atoms with Crippen molar-refractivity contribution in [2.75, 3.05) is 0 Å². The van der Waals surface area contributed by atoms with Gasteiger partial charge in [0.1, 0.15) is 0 Å². The summed E-state index contributed by atoms with van der Waals surface area (Å²) in [5.74, 6) is 0.355. The van der Waals surface area contributed by atoms with E-state index in [-0.39, 0.29) is 5.56 Å². The van der Waals surface area contributed by atoms with Gasteiger partial charge in [0.25, 0.3) is 5.56 Å². The highest BCUT2D eigenvalue weighted by molar-refractivity contribution is 9.10. The second kappa shape index (κ2) is 5.07. The Balaban J connectivity index is 2.61. The van der Waals surface area contributed by atoms with Crippen molar-refractivity contribution in [3.63, 3.8) is 0 Å². The van der Waals surface area contributed by atoms with Gasteiger partial charge < -0.3 is 0 Å². The number of nitrogens with zero attached hydrogens (tertiary/aromatic N) is 1. The minimum absolute atomic E-state index is 0.0654. The van der Waals surface area contributed by atoms with Crippen molar-refractivity contribution in [3.05, 3.63) is 62.5 Å². The van der Waals surface area contributed by atoms with Crippen LogP contribution in [-0.2, 0) is 5.88 Å². The summed E-state index contributed by atoms with van der Waals surface area (Å²) in [7, 11) is 0. The first kappa shape index (κ1) is 12.4. The summed E-state index contributed by atoms with van der Waals surface area (Å²) in [5, 5.41) is 0. The zero-order valence-corrected chi connectivity index (χ0v) is 11.6. The van der Waals surface area contributed by atoms with Crippen molar-refractivity contribution in [3.8, 4) is 5.69 Å². The summed E-state index contributed by atoms with van der Waals surface area (Å²) in [5.41, 5.74) is 2.68. The Kier molecular flexibility index (Phi) is 3.69. The van der Waals surface area contributed by atoms with E-state index in [9.17, 15) is 4.79 Å². The number of hydrogen-bond donors (Lipinski definition) is 0. The molecule has 0 saturated heterocycles. The van der Waals surface area contributed by atoms with Crippen LogP contribution in [0, 0.1) is 6.92 Å². The lowest BCUT2D eigenvalue weighted by Gasteiger charge is -2.10. The van der Waals surface area contributed by atoms with E-state index in [2.05, 4.69) is 15.9 Å². The fourth-order valence-corrected chi connectivity index (χ4v) is 2.18. The summed E-state index contributed by atoms with van der Waals surface area (Å²) < 4.78 is 2.61. The lowest BCUT2D eigenvalue weighted by Crippen LogP contribution is -2.18. The van der Waals surface area contributed by atoms with Gasteiger partial charge in [-0.1, -0.05) is 22.0 Å². The summed E-state index contributed by atoms with van der Waals surface area (Å²) >= 11 is 9.16. The van der Waals surface area contributed by atoms with Crippen molar-refractivity contribution in [2.45, 2.75) is 12.8 Å². The van der Waals surface area contributed by atoms with Crippen molar-refractivity contribution >= 4 is 27.5 Å². The third-order valence-electron chi connectivity index (χ3n) is 2.64. The fourth-order valence-electron chi connectivity index (χ4n) is 1.66. The van der Waals surface area contributed by atoms with Gasteiger partial charge in [0.15, 0.2) is 0 Å². The third kappa shape index (κ3) is 2.45. The maximum absolute atomic E-state index is 12.0. The highest BCUT2D eigenvalue weighted by atomic mass is 79.9. The Morgan fingerprint density at radius 1 is 1.35 bits per heavy atom. The molecule has 0 spiro atoms. The zero-order chi connectivity index (χ0) is 12.4. The number of aromatic nitrogens is 1. The first-order chi connectivity index (χ1) is 8.13. The van der Waals surface area contributed by atoms with Crippen LogP contribution >= 0.6 is 27.5 Å². The molecule has 0 atom stereocenters. The molecule has 0 aliphatic heterocycles. The largest absolute Gasteiger partial charge is 0.284 e. The molecule has 0 bridgehead atoms. The van der Waals surface area contributed by atoms with Gasteiger partial charge in [-0.05, 0) is 36.2 Å². The van der Waals surface area contributed by atoms with Crippen molar-refractivity contribution in [1.82, 2.24) is 4.57 Å². The molecule has 2 aromatic rings. The number of benzene rings is 1. The molecule has 0 fully saturated rings. The Morgan fingerprint density at radius 2 is 2.12 bits per heavy atom. The summed E-state index contributed by atoms with van der Waals surface area (Å²) in [6.45, 7) is 1.97. The third-order valence-corrected chi connectivity index (χ3v) is 3.80. The monoisotopic (exact) mass is 311 g/mol. The lowest BCUT2D eigenvalue weighted by molar-refractivity contribution is 0.966. The first-order valence-corrected chi connectivity index (χ1v) is 6.49. The van der Waals surface area contributed by atoms with Crippen molar-refractivity contribution in [2.24, 2.45) is 0 Å². The quantitative estimate of drug-likeness (QED) is 0.776. The van der Waals surface area contributed by atoms with Crippen LogP contribution in [-0.4, -0.2) is 4.57 Å². The molecule has 0 amide bonds. The van der Waals surface area contributed by atoms with Gasteiger partial charge in [-0.25, -0.2) is 0 Å². The molecular weight excluding hydrogens is 302 g/mol. The average molecular weight is 313 g/mol. The van der Waals surface area contributed by atoms with E-state index in [1.54, 1.807) is 16.8 Å². The summed E-state index contributed by atoms with van der Waals surface area (Å²) in [4.78, 5) is 12.0. The molecule has 2 rings (SSSR count). The Morgan fingerprint density at radius 3 is 2.76 bits per heavy atom. The number of pyridine rings is 1. The van der Waals surface area contributed by atoms with Crippen molar-refractivity contribution < 1.29 is 0 Å². The van der Waals surface area contributed by atoms with Crippen LogP contribution in [0.3, 0.4) is 0 Å². The molecule has 0 N–H and O–H groups in total. The predicted molar refractivity (Wildman–Crippen MR) is 74.0 cm³/mol. The van der Waals surface area contributed by atoms with E-state index >= 15 is 0 Å². The Bertz CT molecular complexity index is 607. The van der Waals surface area contributed by atoms with Crippen LogP contribution in [0.15, 0.2) is 45.8 Å². The van der Waals surface area contributed by atoms with Crippen LogP contribution in [0.4, 0.5) is 0 Å². The molecule has 1 aromatic heterocycles. The van der Waals surface area contributed by atoms with E-state index < -0.39 is 0 Å². The standard InChI is InChI=1S/C13H11BrClNO/c1-9-11(14)3-2-4-12(9)16-6-5-10(8-15)7-13(16)17/h2-7H,8H2,1H3. The van der Waals surface area contributed by atoms with Crippen LogP contribution in [0.1, 0.15) is 11.1 Å². The molecule has 2 nitrogen and oxygen atoms in total. The SMILES string of the molecule is Cc1c(Br)cccc1-n1ccc(CCl)cc1=O. The predicted octanol–water partition coefficient (Wildman–Crippen LogP) is 3.65. The van der Waals surface area contributed by atoms with Gasteiger partial charge in [-0.2, -0.15) is 0 Å². The molecule has 1 heterocycles. The maximum atomic E-state index is 12.0. The lowest BCUT2D eigenvalue weighted by atomic mass is 10.2. The average Bonchev–Trinajstić information content (AvgIpc) is 2.33. The molecule has 88 valence electrons. The normalized spacial score (nSPS) is 10.5. The first-order valence-electron chi connectivity index (χ1n) is 5.16. The molecule has 17 heavy (non-hydrogen) atoms. The molecule has 0 radical (unpaired) electrons. The summed E-state index contributed by atoms with van der Waals surface area (Å²) in [6.07, 6.45) is 1.76. The number of hydrogen-bond acceptors (Lipinski definition) is 1. The van der Waals surface area contributed by atoms with Crippen LogP contribution in [0.25, 0.3) is 5.69 Å². The van der Waals surface area contributed by atoms with Gasteiger partial charge in [0.2, 0.25) is 0 Å². The van der Waals surface area contributed by atoms with Crippen LogP contribution in [0.5, 0.6) is 0 Å². The second-order valence-corrected chi connectivity index (χ2v) is 4.88. The topological polar surface area (TPSA) is 22.0 Å². The fraction of sp³-hybridized carbons (Fsp3) is 0.154. The number of alkyl halides is 1. The van der Waals surface area contributed by atoms with E-state index in [0.717, 1.165) is 21.3 Å². The van der Waals surface area contributed by atoms with Crippen LogP contribution < -0.4 is 5.56 Å². The number of halogens is 2. The molecule has 1 aromatic carbocycles. The highest BCUT2D eigenvalue weighted by Crippen LogP contribution is 2.21. The molecule has 0 unspecified atom stereocenters. The Hall–Kier alpha value is -1.06. The van der Waals surface area contributed by atoms with E-state index in [0.29, 0.717) is 5.88 Å². The van der Waals surface area contributed by atoms with E-state index in [4.69, 9.17) is 11.6 Å². The highest BCUT2D eigenvalue weighted by Gasteiger charge is 2.05. The molecule has 0 saturated carbocycles. The van der Waals surface area contributed by atoms with Crippen molar-refractivity contribution in [1.29, 1.82) is 0 Å². The van der Waals surface area contributed by atoms with Gasteiger partial charge >= 0.3 is 0 Å². The van der Waals surface area contributed by atoms with E-state index in [1.165, 1.54) is 0 Å². The maximum Gasteiger partial charge on any atom is 0.255 e. The van der Waals surface area contributed by atoms with Gasteiger partial charge in [-0.15, -0.1) is 11.6 Å². The smallest absolute Gasteiger partial charge is 0.255 e. The van der Waals surface area contributed by atoms with Gasteiger partial charge in [0.05, 0.1) is 5.69 Å². The van der Waals surface area contributed by atoms with E-state index in [1.807, 2.05) is 31.2 Å². The summed E-state index contributed by atoms with van der Waals surface area (Å²) in [6, 6.07) is 9.20. The minimum atomic E-state index is -0.0654. The molecule has 0 aliphatic carbocycles. The zero-order valence-electron chi connectivity index (χ0n) is 9.28. The second-order valence-electron chi connectivity index (χ2n) is 3.76. The Labute approximate surface area is 113 Å². The van der Waals surface area contributed by atoms with Crippen LogP contribution in [0.2, 0.25) is 0 Å². The van der Waals surface area contributed by atoms with Gasteiger partial charge in [0, 0.05) is 22.6 Å². The number of rotatable bonds is 2. The molecule has 4 heteroatoms. The minimum Gasteiger partial charge on any atom is -0.284 e. The van der Waals surface area contributed by atoms with Gasteiger partial charge in [-0.3, -0.25) is 9.36 Å².